The van der Waals surface area contributed by atoms with Crippen LogP contribution in [0.5, 0.6) is 0 Å². The number of ether oxygens (including phenoxy) is 1. The summed E-state index contributed by atoms with van der Waals surface area (Å²) < 4.78 is 4.90. The maximum Gasteiger partial charge on any atom is 0.254 e. The van der Waals surface area contributed by atoms with E-state index in [1.807, 2.05) is 6.92 Å². The lowest BCUT2D eigenvalue weighted by Gasteiger charge is -2.18. The molecule has 0 aliphatic rings. The fourth-order valence-electron chi connectivity index (χ4n) is 1.86. The van der Waals surface area contributed by atoms with Gasteiger partial charge < -0.3 is 20.7 Å². The summed E-state index contributed by atoms with van der Waals surface area (Å²) in [6.45, 7) is 2.98. The number of rotatable bonds is 7. The van der Waals surface area contributed by atoms with Crippen molar-refractivity contribution in [3.63, 3.8) is 0 Å². The second-order valence-corrected chi connectivity index (χ2v) is 4.93. The SMILES string of the molecule is COCCCNC(=O)CN(C)C(=O)c1cc(N)ccc1C.Cl. The Morgan fingerprint density at radius 2 is 2.05 bits per heavy atom. The molecule has 0 unspecified atom stereocenters. The lowest BCUT2D eigenvalue weighted by molar-refractivity contribution is -0.121. The van der Waals surface area contributed by atoms with Gasteiger partial charge in [-0.2, -0.15) is 0 Å². The van der Waals surface area contributed by atoms with E-state index in [0.29, 0.717) is 24.4 Å². The Labute approximate surface area is 137 Å². The standard InChI is InChI=1S/C15H23N3O3.ClH/c1-11-5-6-12(16)9-13(11)15(20)18(2)10-14(19)17-7-4-8-21-3;/h5-6,9H,4,7-8,10,16H2,1-3H3,(H,17,19);1H. The van der Waals surface area contributed by atoms with E-state index in [1.165, 1.54) is 4.90 Å². The minimum absolute atomic E-state index is 0. The van der Waals surface area contributed by atoms with Crippen molar-refractivity contribution in [1.29, 1.82) is 0 Å². The van der Waals surface area contributed by atoms with Gasteiger partial charge >= 0.3 is 0 Å². The summed E-state index contributed by atoms with van der Waals surface area (Å²) in [6.07, 6.45) is 0.744. The number of halogens is 1. The molecule has 0 spiro atoms. The molecule has 0 aliphatic carbocycles. The van der Waals surface area contributed by atoms with E-state index in [4.69, 9.17) is 10.5 Å². The molecule has 0 saturated heterocycles. The summed E-state index contributed by atoms with van der Waals surface area (Å²) in [4.78, 5) is 25.4. The molecule has 0 aromatic heterocycles. The smallest absolute Gasteiger partial charge is 0.254 e. The van der Waals surface area contributed by atoms with Crippen LogP contribution in [0.15, 0.2) is 18.2 Å². The summed E-state index contributed by atoms with van der Waals surface area (Å²) in [7, 11) is 3.21. The first-order chi connectivity index (χ1) is 9.95. The Hall–Kier alpha value is -1.79. The minimum Gasteiger partial charge on any atom is -0.399 e. The van der Waals surface area contributed by atoms with Gasteiger partial charge in [0.05, 0.1) is 6.54 Å². The number of methoxy groups -OCH3 is 1. The number of nitrogens with one attached hydrogen (secondary N) is 1. The maximum atomic E-state index is 12.3. The Morgan fingerprint density at radius 1 is 1.36 bits per heavy atom. The molecule has 0 atom stereocenters. The molecule has 1 aromatic rings. The molecule has 0 heterocycles. The van der Waals surface area contributed by atoms with E-state index in [-0.39, 0.29) is 30.8 Å². The first kappa shape index (κ1) is 20.2. The molecule has 3 N–H and O–H groups in total. The van der Waals surface area contributed by atoms with E-state index < -0.39 is 0 Å². The summed E-state index contributed by atoms with van der Waals surface area (Å²) in [5.41, 5.74) is 7.58. The van der Waals surface area contributed by atoms with Crippen molar-refractivity contribution >= 4 is 29.9 Å². The number of likely N-dealkylation sites (N-methyl/N-ethyl adjacent to an activating group) is 1. The highest BCUT2D eigenvalue weighted by molar-refractivity contribution is 5.98. The lowest BCUT2D eigenvalue weighted by Crippen LogP contribution is -2.39. The van der Waals surface area contributed by atoms with Crippen molar-refractivity contribution in [2.45, 2.75) is 13.3 Å². The molecule has 0 bridgehead atoms. The molecular formula is C15H24ClN3O3. The summed E-state index contributed by atoms with van der Waals surface area (Å²) >= 11 is 0. The largest absolute Gasteiger partial charge is 0.399 e. The second kappa shape index (κ2) is 10.0. The van der Waals surface area contributed by atoms with Crippen LogP contribution < -0.4 is 11.1 Å². The van der Waals surface area contributed by atoms with Gasteiger partial charge in [0.1, 0.15) is 0 Å². The average Bonchev–Trinajstić information content (AvgIpc) is 2.45. The molecule has 7 heteroatoms. The third-order valence-corrected chi connectivity index (χ3v) is 3.07. The highest BCUT2D eigenvalue weighted by atomic mass is 35.5. The van der Waals surface area contributed by atoms with Crippen molar-refractivity contribution in [2.24, 2.45) is 0 Å². The summed E-state index contributed by atoms with van der Waals surface area (Å²) in [5, 5.41) is 2.74. The summed E-state index contributed by atoms with van der Waals surface area (Å²) in [5.74, 6) is -0.407. The highest BCUT2D eigenvalue weighted by Crippen LogP contribution is 2.14. The minimum atomic E-state index is -0.216. The fraction of sp³-hybridized carbons (Fsp3) is 0.467. The van der Waals surface area contributed by atoms with E-state index in [2.05, 4.69) is 5.32 Å². The molecule has 0 aliphatic heterocycles. The molecule has 1 aromatic carbocycles. The predicted octanol–water partition coefficient (Wildman–Crippen LogP) is 1.22. The molecule has 0 fully saturated rings. The number of benzene rings is 1. The van der Waals surface area contributed by atoms with E-state index in [0.717, 1.165) is 12.0 Å². The van der Waals surface area contributed by atoms with Crippen molar-refractivity contribution < 1.29 is 14.3 Å². The molecular weight excluding hydrogens is 306 g/mol. The first-order valence-corrected chi connectivity index (χ1v) is 6.83. The predicted molar refractivity (Wildman–Crippen MR) is 89.3 cm³/mol. The molecule has 2 amide bonds. The van der Waals surface area contributed by atoms with E-state index in [1.54, 1.807) is 32.4 Å². The number of carbonyl (C=O) groups is 2. The zero-order valence-corrected chi connectivity index (χ0v) is 14.0. The van der Waals surface area contributed by atoms with Crippen LogP contribution >= 0.6 is 12.4 Å². The Morgan fingerprint density at radius 3 is 2.68 bits per heavy atom. The third kappa shape index (κ3) is 6.32. The van der Waals surface area contributed by atoms with Crippen LogP contribution in [0.1, 0.15) is 22.3 Å². The van der Waals surface area contributed by atoms with E-state index in [9.17, 15) is 9.59 Å². The second-order valence-electron chi connectivity index (χ2n) is 4.93. The number of hydrogen-bond donors (Lipinski definition) is 2. The van der Waals surface area contributed by atoms with Crippen LogP contribution in [0.4, 0.5) is 5.69 Å². The number of hydrogen-bond acceptors (Lipinski definition) is 4. The van der Waals surface area contributed by atoms with Crippen molar-refractivity contribution in [3.8, 4) is 0 Å². The average molecular weight is 330 g/mol. The molecule has 1 rings (SSSR count). The third-order valence-electron chi connectivity index (χ3n) is 3.07. The number of nitrogens with two attached hydrogens (primary N) is 1. The van der Waals surface area contributed by atoms with Crippen molar-refractivity contribution in [2.75, 3.05) is 39.6 Å². The maximum absolute atomic E-state index is 12.3. The zero-order valence-electron chi connectivity index (χ0n) is 13.2. The van der Waals surface area contributed by atoms with Crippen LogP contribution in [-0.4, -0.2) is 50.6 Å². The number of aryl methyl sites for hydroxylation is 1. The van der Waals surface area contributed by atoms with Crippen LogP contribution in [0.25, 0.3) is 0 Å². The number of carbonyl (C=O) groups excluding carboxylic acids is 2. The molecule has 0 radical (unpaired) electrons. The Bertz CT molecular complexity index is 509. The molecule has 124 valence electrons. The van der Waals surface area contributed by atoms with Crippen molar-refractivity contribution in [3.05, 3.63) is 29.3 Å². The number of nitrogens with zero attached hydrogens (tertiary/aromatic N) is 1. The van der Waals surface area contributed by atoms with Gasteiger partial charge in [0.2, 0.25) is 5.91 Å². The van der Waals surface area contributed by atoms with Gasteiger partial charge in [0.25, 0.3) is 5.91 Å². The van der Waals surface area contributed by atoms with Crippen LogP contribution in [0, 0.1) is 6.92 Å². The normalized spacial score (nSPS) is 9.77. The molecule has 0 saturated carbocycles. The number of nitrogen functional groups attached to an aromatic ring is 1. The quantitative estimate of drug-likeness (QED) is 0.582. The Kier molecular flexibility index (Phi) is 9.21. The monoisotopic (exact) mass is 329 g/mol. The molecule has 6 nitrogen and oxygen atoms in total. The van der Waals surface area contributed by atoms with E-state index >= 15 is 0 Å². The van der Waals surface area contributed by atoms with Crippen LogP contribution in [-0.2, 0) is 9.53 Å². The van der Waals surface area contributed by atoms with Gasteiger partial charge in [-0.05, 0) is 31.0 Å². The van der Waals surface area contributed by atoms with Gasteiger partial charge in [0, 0.05) is 38.6 Å². The Balaban J connectivity index is 0.00000441. The van der Waals surface area contributed by atoms with Gasteiger partial charge in [-0.1, -0.05) is 6.07 Å². The molecule has 22 heavy (non-hydrogen) atoms. The fourth-order valence-corrected chi connectivity index (χ4v) is 1.86. The highest BCUT2D eigenvalue weighted by Gasteiger charge is 2.16. The van der Waals surface area contributed by atoms with Gasteiger partial charge in [0.15, 0.2) is 0 Å². The van der Waals surface area contributed by atoms with Gasteiger partial charge in [-0.15, -0.1) is 12.4 Å². The van der Waals surface area contributed by atoms with Gasteiger partial charge in [-0.25, -0.2) is 0 Å². The first-order valence-electron chi connectivity index (χ1n) is 6.83. The van der Waals surface area contributed by atoms with Crippen LogP contribution in [0.2, 0.25) is 0 Å². The number of anilines is 1. The number of amides is 2. The zero-order chi connectivity index (χ0) is 15.8. The van der Waals surface area contributed by atoms with Crippen molar-refractivity contribution in [1.82, 2.24) is 10.2 Å². The van der Waals surface area contributed by atoms with Gasteiger partial charge in [-0.3, -0.25) is 9.59 Å². The summed E-state index contributed by atoms with van der Waals surface area (Å²) in [6, 6.07) is 5.17. The van der Waals surface area contributed by atoms with Crippen LogP contribution in [0.3, 0.4) is 0 Å². The topological polar surface area (TPSA) is 84.7 Å². The lowest BCUT2D eigenvalue weighted by atomic mass is 10.1.